The number of aliphatic hydroxyl groups excluding tert-OH is 2. The molecule has 0 bridgehead atoms. The number of aliphatic carboxylic acids is 1. The Labute approximate surface area is 243 Å². The maximum absolute atomic E-state index is 12.7. The number of allylic oxidation sites excluding steroid dienone is 2. The molecule has 1 aromatic carbocycles. The Hall–Kier alpha value is -3.21. The van der Waals surface area contributed by atoms with Gasteiger partial charge in [-0.1, -0.05) is 24.6 Å². The molecule has 10 heteroatoms. The lowest BCUT2D eigenvalue weighted by Gasteiger charge is -2.75. The fraction of sp³-hybridized carbons (Fsp3) is 0.594. The largest absolute Gasteiger partial charge is 0.872 e. The summed E-state index contributed by atoms with van der Waals surface area (Å²) in [6.07, 6.45) is 9.63. The second kappa shape index (κ2) is 9.92. The summed E-state index contributed by atoms with van der Waals surface area (Å²) in [4.78, 5) is 34.8. The molecule has 10 nitrogen and oxygen atoms in total. The monoisotopic (exact) mass is 578 g/mol. The third kappa shape index (κ3) is 4.06. The Bertz CT molecular complexity index is 1370. The Balaban J connectivity index is 0.000000144. The van der Waals surface area contributed by atoms with Crippen LogP contribution in [0.25, 0.3) is 0 Å². The number of hydrogen-bond donors (Lipinski definition) is 2. The molecule has 2 heterocycles. The van der Waals surface area contributed by atoms with Crippen LogP contribution in [0.15, 0.2) is 48.3 Å². The fourth-order valence-electron chi connectivity index (χ4n) is 9.80. The molecule has 11 unspecified atom stereocenters. The minimum absolute atomic E-state index is 0.00786. The number of rotatable bonds is 3. The van der Waals surface area contributed by atoms with Crippen LogP contribution in [0.2, 0.25) is 0 Å². The Morgan fingerprint density at radius 3 is 2.64 bits per heavy atom. The van der Waals surface area contributed by atoms with E-state index in [9.17, 15) is 34.8 Å². The molecule has 224 valence electrons. The van der Waals surface area contributed by atoms with Crippen molar-refractivity contribution in [2.45, 2.75) is 81.4 Å². The molecule has 2 N–H and O–H groups in total. The molecule has 0 amide bonds. The summed E-state index contributed by atoms with van der Waals surface area (Å²) >= 11 is 0. The number of ketones is 1. The van der Waals surface area contributed by atoms with Gasteiger partial charge in [-0.2, -0.15) is 0 Å². The summed E-state index contributed by atoms with van der Waals surface area (Å²) in [5, 5.41) is 42.6. The van der Waals surface area contributed by atoms with Gasteiger partial charge in [0.15, 0.2) is 5.78 Å². The smallest absolute Gasteiger partial charge is 0.309 e. The molecule has 1 aromatic rings. The van der Waals surface area contributed by atoms with Crippen LogP contribution in [0.3, 0.4) is 0 Å². The maximum Gasteiger partial charge on any atom is 0.309 e. The van der Waals surface area contributed by atoms with Crippen molar-refractivity contribution < 1.29 is 49.0 Å². The number of carboxylic acid groups (broad SMARTS) is 1. The number of ether oxygens (including phenoxy) is 3. The van der Waals surface area contributed by atoms with Gasteiger partial charge in [0.05, 0.1) is 42.2 Å². The van der Waals surface area contributed by atoms with Crippen LogP contribution in [-0.2, 0) is 23.9 Å². The molecule has 5 aliphatic carbocycles. The molecule has 2 aliphatic heterocycles. The zero-order chi connectivity index (χ0) is 29.4. The molecule has 4 saturated carbocycles. The molecule has 6 fully saturated rings. The Morgan fingerprint density at radius 2 is 1.86 bits per heavy atom. The number of aliphatic hydroxyl groups is 2. The second-order valence-corrected chi connectivity index (χ2v) is 13.0. The van der Waals surface area contributed by atoms with Crippen molar-refractivity contribution in [2.24, 2.45) is 35.0 Å². The SMILES string of the molecule is O=C1C=CC(C(=O)[O-])C(Oc2cccc([O-])c2)=C1.O=C1OC23C4CCC(O)CC4OC4CC(O)CC5(CCCC1C52)C43. The van der Waals surface area contributed by atoms with Crippen molar-refractivity contribution in [1.82, 2.24) is 0 Å². The topological polar surface area (TPSA) is 165 Å². The first-order chi connectivity index (χ1) is 20.1. The van der Waals surface area contributed by atoms with Gasteiger partial charge < -0.3 is 39.4 Å². The van der Waals surface area contributed by atoms with Crippen LogP contribution in [0.5, 0.6) is 11.5 Å². The number of hydrogen-bond acceptors (Lipinski definition) is 10. The fourth-order valence-corrected chi connectivity index (χ4v) is 9.80. The van der Waals surface area contributed by atoms with E-state index in [1.165, 1.54) is 30.3 Å². The first kappa shape index (κ1) is 27.6. The van der Waals surface area contributed by atoms with Crippen molar-refractivity contribution in [3.8, 4) is 11.5 Å². The van der Waals surface area contributed by atoms with Crippen molar-refractivity contribution in [2.75, 3.05) is 0 Å². The van der Waals surface area contributed by atoms with Crippen molar-refractivity contribution in [3.05, 3.63) is 48.3 Å². The lowest BCUT2D eigenvalue weighted by molar-refractivity contribution is -0.377. The molecular formula is C32H34O10-2. The average Bonchev–Trinajstić information content (AvgIpc) is 3.19. The van der Waals surface area contributed by atoms with Crippen LogP contribution in [-0.4, -0.2) is 58.0 Å². The van der Waals surface area contributed by atoms with Gasteiger partial charge in [0.1, 0.15) is 17.1 Å². The zero-order valence-corrected chi connectivity index (χ0v) is 23.1. The molecule has 0 radical (unpaired) electrons. The van der Waals surface area contributed by atoms with E-state index in [1.54, 1.807) is 0 Å². The van der Waals surface area contributed by atoms with Gasteiger partial charge in [0.25, 0.3) is 0 Å². The highest BCUT2D eigenvalue weighted by Gasteiger charge is 2.85. The lowest BCUT2D eigenvalue weighted by atomic mass is 9.31. The minimum Gasteiger partial charge on any atom is -0.872 e. The number of fused-ring (bicyclic) bond motifs is 1. The predicted octanol–water partition coefficient (Wildman–Crippen LogP) is 0.925. The highest BCUT2D eigenvalue weighted by Crippen LogP contribution is 2.79. The summed E-state index contributed by atoms with van der Waals surface area (Å²) in [6.45, 7) is 0. The number of carbonyl (C=O) groups excluding carboxylic acids is 3. The van der Waals surface area contributed by atoms with Crippen LogP contribution < -0.4 is 14.9 Å². The van der Waals surface area contributed by atoms with Crippen molar-refractivity contribution in [3.63, 3.8) is 0 Å². The molecule has 2 spiro atoms. The van der Waals surface area contributed by atoms with Crippen LogP contribution in [0.1, 0.15) is 51.4 Å². The van der Waals surface area contributed by atoms with E-state index in [4.69, 9.17) is 14.2 Å². The number of esters is 1. The predicted molar refractivity (Wildman–Crippen MR) is 140 cm³/mol. The second-order valence-electron chi connectivity index (χ2n) is 13.0. The molecular weight excluding hydrogens is 544 g/mol. The standard InChI is InChI=1S/C19H26O5.C13H10O5/c20-9-3-4-12-13(6-9)23-14-7-10(21)8-18-5-1-2-11-15(18)19(12,16(14)18)24-17(11)22;14-8-2-1-3-10(6-8)18-12-7-9(15)4-5-11(12)13(16)17/h9-16,20-21H,1-8H2;1-7,11,14H,(H,16,17)/p-2. The molecule has 42 heavy (non-hydrogen) atoms. The molecule has 2 saturated heterocycles. The lowest BCUT2D eigenvalue weighted by Crippen LogP contribution is -2.81. The third-order valence-corrected chi connectivity index (χ3v) is 10.9. The highest BCUT2D eigenvalue weighted by molar-refractivity contribution is 6.02. The van der Waals surface area contributed by atoms with Gasteiger partial charge in [0.2, 0.25) is 0 Å². The summed E-state index contributed by atoms with van der Waals surface area (Å²) in [7, 11) is 0. The normalized spacial score (nSPS) is 44.1. The summed E-state index contributed by atoms with van der Waals surface area (Å²) in [5.41, 5.74) is -0.297. The summed E-state index contributed by atoms with van der Waals surface area (Å²) in [6, 6.07) is 5.52. The van der Waals surface area contributed by atoms with E-state index in [1.807, 2.05) is 0 Å². The molecule has 8 rings (SSSR count). The average molecular weight is 579 g/mol. The van der Waals surface area contributed by atoms with Crippen molar-refractivity contribution in [1.29, 1.82) is 0 Å². The number of carboxylic acids is 1. The minimum atomic E-state index is -1.37. The molecule has 7 aliphatic rings. The first-order valence-electron chi connectivity index (χ1n) is 15.0. The van der Waals surface area contributed by atoms with Crippen LogP contribution in [0, 0.1) is 35.0 Å². The van der Waals surface area contributed by atoms with Crippen LogP contribution >= 0.6 is 0 Å². The zero-order valence-electron chi connectivity index (χ0n) is 23.1. The van der Waals surface area contributed by atoms with Gasteiger partial charge in [-0.3, -0.25) is 9.59 Å². The van der Waals surface area contributed by atoms with E-state index in [0.717, 1.165) is 50.7 Å². The molecule has 11 atom stereocenters. The number of benzene rings is 1. The van der Waals surface area contributed by atoms with Crippen LogP contribution in [0.4, 0.5) is 0 Å². The third-order valence-electron chi connectivity index (χ3n) is 10.9. The van der Waals surface area contributed by atoms with Gasteiger partial charge in [0, 0.05) is 23.8 Å². The summed E-state index contributed by atoms with van der Waals surface area (Å²) in [5.74, 6) is -2.19. The van der Waals surface area contributed by atoms with E-state index < -0.39 is 11.9 Å². The van der Waals surface area contributed by atoms with E-state index >= 15 is 0 Å². The Morgan fingerprint density at radius 1 is 1.05 bits per heavy atom. The van der Waals surface area contributed by atoms with Gasteiger partial charge in [-0.05, 0) is 68.6 Å². The Kier molecular flexibility index (Phi) is 6.52. The van der Waals surface area contributed by atoms with E-state index in [2.05, 4.69) is 0 Å². The van der Waals surface area contributed by atoms with Gasteiger partial charge in [-0.15, -0.1) is 5.75 Å². The maximum atomic E-state index is 12.7. The first-order valence-corrected chi connectivity index (χ1v) is 15.0. The van der Waals surface area contributed by atoms with E-state index in [0.29, 0.717) is 12.8 Å². The van der Waals surface area contributed by atoms with Gasteiger partial charge >= 0.3 is 5.97 Å². The van der Waals surface area contributed by atoms with Gasteiger partial charge in [-0.25, -0.2) is 0 Å². The van der Waals surface area contributed by atoms with E-state index in [-0.39, 0.29) is 88.1 Å². The highest BCUT2D eigenvalue weighted by atomic mass is 16.6. The molecule has 0 aromatic heterocycles. The summed E-state index contributed by atoms with van der Waals surface area (Å²) < 4.78 is 18.0. The van der Waals surface area contributed by atoms with Crippen molar-refractivity contribution >= 4 is 17.7 Å². The number of carbonyl (C=O) groups is 3. The quantitative estimate of drug-likeness (QED) is 0.493.